The maximum atomic E-state index is 12.1. The zero-order valence-corrected chi connectivity index (χ0v) is 16.2. The Morgan fingerprint density at radius 3 is 2.65 bits per heavy atom. The molecule has 2 N–H and O–H groups in total. The highest BCUT2D eigenvalue weighted by atomic mass is 32.2. The Balaban J connectivity index is 2.35. The first-order valence-electron chi connectivity index (χ1n) is 8.30. The number of thioether (sulfide) groups is 1. The zero-order chi connectivity index (χ0) is 19.4. The van der Waals surface area contributed by atoms with Crippen molar-refractivity contribution in [3.8, 4) is 5.75 Å². The van der Waals surface area contributed by atoms with Crippen molar-refractivity contribution in [2.75, 3.05) is 32.8 Å². The van der Waals surface area contributed by atoms with Gasteiger partial charge in [0, 0.05) is 18.5 Å². The summed E-state index contributed by atoms with van der Waals surface area (Å²) < 4.78 is 9.79. The normalized spacial score (nSPS) is 11.3. The van der Waals surface area contributed by atoms with Crippen LogP contribution in [-0.2, 0) is 14.3 Å². The third kappa shape index (κ3) is 7.77. The first kappa shape index (κ1) is 21.8. The lowest BCUT2D eigenvalue weighted by molar-refractivity contribution is -0.145. The highest BCUT2D eigenvalue weighted by molar-refractivity contribution is 7.98. The number of nitrogens with one attached hydrogen (secondary N) is 2. The van der Waals surface area contributed by atoms with Gasteiger partial charge in [-0.25, -0.2) is 4.79 Å². The average Bonchev–Trinajstić information content (AvgIpc) is 2.67. The van der Waals surface area contributed by atoms with Crippen molar-refractivity contribution in [2.45, 2.75) is 25.3 Å². The molecule has 1 atom stereocenters. The Kier molecular flexibility index (Phi) is 10.2. The van der Waals surface area contributed by atoms with Gasteiger partial charge >= 0.3 is 5.97 Å². The maximum absolute atomic E-state index is 12.1. The monoisotopic (exact) mass is 382 g/mol. The number of rotatable bonds is 11. The van der Waals surface area contributed by atoms with Crippen LogP contribution in [-0.4, -0.2) is 56.6 Å². The number of ether oxygens (including phenoxy) is 2. The Hall–Kier alpha value is -2.22. The number of hydrogen-bond acceptors (Lipinski definition) is 6. The summed E-state index contributed by atoms with van der Waals surface area (Å²) in [5.74, 6) is 0.445. The topological polar surface area (TPSA) is 93.7 Å². The maximum Gasteiger partial charge on any atom is 0.328 e. The molecule has 1 rings (SSSR count). The fourth-order valence-corrected chi connectivity index (χ4v) is 2.68. The molecule has 144 valence electrons. The van der Waals surface area contributed by atoms with E-state index in [0.717, 1.165) is 5.75 Å². The second-order valence-corrected chi connectivity index (χ2v) is 6.50. The van der Waals surface area contributed by atoms with Gasteiger partial charge < -0.3 is 20.1 Å². The number of hydrogen-bond donors (Lipinski definition) is 2. The first-order chi connectivity index (χ1) is 12.5. The molecule has 0 aliphatic carbocycles. The molecule has 0 aromatic heterocycles. The molecule has 0 radical (unpaired) electrons. The predicted octanol–water partition coefficient (Wildman–Crippen LogP) is 1.62. The zero-order valence-electron chi connectivity index (χ0n) is 15.4. The first-order valence-corrected chi connectivity index (χ1v) is 9.69. The second kappa shape index (κ2) is 12.2. The van der Waals surface area contributed by atoms with Gasteiger partial charge in [0.25, 0.3) is 5.91 Å². The molecular formula is C18H26N2O5S. The van der Waals surface area contributed by atoms with Crippen molar-refractivity contribution in [1.82, 2.24) is 10.6 Å². The number of esters is 1. The summed E-state index contributed by atoms with van der Waals surface area (Å²) in [7, 11) is 2.84. The van der Waals surface area contributed by atoms with Gasteiger partial charge in [0.1, 0.15) is 11.8 Å². The van der Waals surface area contributed by atoms with E-state index >= 15 is 0 Å². The standard InChI is InChI=1S/C18H26N2O5S/c1-24-14-7-4-6-13(12-14)17(22)19-10-5-8-16(21)20-15(9-11-26-3)18(23)25-2/h4,6-7,12,15H,5,8-11H2,1-3H3,(H,19,22)(H,20,21)/t15-/m0/s1. The second-order valence-electron chi connectivity index (χ2n) is 5.52. The van der Waals surface area contributed by atoms with Crippen LogP contribution in [0.3, 0.4) is 0 Å². The molecular weight excluding hydrogens is 356 g/mol. The molecule has 0 aliphatic rings. The molecule has 0 unspecified atom stereocenters. The number of benzene rings is 1. The summed E-state index contributed by atoms with van der Waals surface area (Å²) in [6.07, 6.45) is 3.14. The average molecular weight is 382 g/mol. The quantitative estimate of drug-likeness (QED) is 0.446. The minimum atomic E-state index is -0.633. The lowest BCUT2D eigenvalue weighted by Crippen LogP contribution is -2.42. The van der Waals surface area contributed by atoms with Gasteiger partial charge in [-0.05, 0) is 43.0 Å². The minimum Gasteiger partial charge on any atom is -0.497 e. The molecule has 0 heterocycles. The van der Waals surface area contributed by atoms with Gasteiger partial charge in [0.15, 0.2) is 0 Å². The highest BCUT2D eigenvalue weighted by Gasteiger charge is 2.20. The van der Waals surface area contributed by atoms with Crippen molar-refractivity contribution in [3.05, 3.63) is 29.8 Å². The van der Waals surface area contributed by atoms with Crippen LogP contribution in [0.2, 0.25) is 0 Å². The number of carbonyl (C=O) groups excluding carboxylic acids is 3. The summed E-state index contributed by atoms with van der Waals surface area (Å²) in [6, 6.07) is 6.20. The Morgan fingerprint density at radius 2 is 2.00 bits per heavy atom. The van der Waals surface area contributed by atoms with Gasteiger partial charge in [0.05, 0.1) is 14.2 Å². The van der Waals surface area contributed by atoms with Crippen LogP contribution in [0.15, 0.2) is 24.3 Å². The van der Waals surface area contributed by atoms with E-state index in [1.165, 1.54) is 14.2 Å². The Labute approximate surface area is 158 Å². The summed E-state index contributed by atoms with van der Waals surface area (Å²) in [6.45, 7) is 0.358. The predicted molar refractivity (Wildman–Crippen MR) is 102 cm³/mol. The molecule has 0 fully saturated rings. The van der Waals surface area contributed by atoms with Gasteiger partial charge in [-0.15, -0.1) is 0 Å². The van der Waals surface area contributed by atoms with Gasteiger partial charge in [0.2, 0.25) is 5.91 Å². The molecule has 8 heteroatoms. The number of carbonyl (C=O) groups is 3. The summed E-state index contributed by atoms with van der Waals surface area (Å²) in [5, 5.41) is 5.44. The minimum absolute atomic E-state index is 0.213. The lowest BCUT2D eigenvalue weighted by atomic mass is 10.2. The van der Waals surface area contributed by atoms with Crippen LogP contribution in [0.25, 0.3) is 0 Å². The van der Waals surface area contributed by atoms with E-state index in [0.29, 0.717) is 30.7 Å². The molecule has 1 aromatic rings. The third-order valence-corrected chi connectivity index (χ3v) is 4.27. The Morgan fingerprint density at radius 1 is 1.23 bits per heavy atom. The Bertz CT molecular complexity index is 609. The fourth-order valence-electron chi connectivity index (χ4n) is 2.21. The molecule has 7 nitrogen and oxygen atoms in total. The smallest absolute Gasteiger partial charge is 0.328 e. The molecule has 1 aromatic carbocycles. The van der Waals surface area contributed by atoms with E-state index in [1.807, 2.05) is 6.26 Å². The largest absolute Gasteiger partial charge is 0.497 e. The van der Waals surface area contributed by atoms with Crippen LogP contribution in [0.1, 0.15) is 29.6 Å². The number of methoxy groups -OCH3 is 2. The summed E-state index contributed by atoms with van der Waals surface area (Å²) in [5.41, 5.74) is 0.497. The van der Waals surface area contributed by atoms with Gasteiger partial charge in [-0.1, -0.05) is 6.07 Å². The van der Waals surface area contributed by atoms with Gasteiger partial charge in [-0.2, -0.15) is 11.8 Å². The van der Waals surface area contributed by atoms with E-state index < -0.39 is 12.0 Å². The van der Waals surface area contributed by atoms with Crippen LogP contribution in [0, 0.1) is 0 Å². The molecule has 0 aliphatic heterocycles. The summed E-state index contributed by atoms with van der Waals surface area (Å²) >= 11 is 1.59. The highest BCUT2D eigenvalue weighted by Crippen LogP contribution is 2.12. The molecule has 2 amide bonds. The third-order valence-electron chi connectivity index (χ3n) is 3.63. The lowest BCUT2D eigenvalue weighted by Gasteiger charge is -2.16. The van der Waals surface area contributed by atoms with E-state index in [4.69, 9.17) is 9.47 Å². The molecule has 0 saturated carbocycles. The molecule has 0 spiro atoms. The van der Waals surface area contributed by atoms with Crippen LogP contribution < -0.4 is 15.4 Å². The van der Waals surface area contributed by atoms with Crippen molar-refractivity contribution >= 4 is 29.5 Å². The van der Waals surface area contributed by atoms with Crippen LogP contribution in [0.4, 0.5) is 0 Å². The van der Waals surface area contributed by atoms with E-state index in [9.17, 15) is 14.4 Å². The van der Waals surface area contributed by atoms with E-state index in [-0.39, 0.29) is 18.2 Å². The van der Waals surface area contributed by atoms with E-state index in [2.05, 4.69) is 10.6 Å². The van der Waals surface area contributed by atoms with Crippen molar-refractivity contribution in [1.29, 1.82) is 0 Å². The fraction of sp³-hybridized carbons (Fsp3) is 0.500. The molecule has 26 heavy (non-hydrogen) atoms. The van der Waals surface area contributed by atoms with E-state index in [1.54, 1.807) is 36.0 Å². The van der Waals surface area contributed by atoms with Gasteiger partial charge in [-0.3, -0.25) is 9.59 Å². The van der Waals surface area contributed by atoms with Crippen LogP contribution >= 0.6 is 11.8 Å². The van der Waals surface area contributed by atoms with Crippen molar-refractivity contribution in [3.63, 3.8) is 0 Å². The van der Waals surface area contributed by atoms with Crippen molar-refractivity contribution < 1.29 is 23.9 Å². The van der Waals surface area contributed by atoms with Crippen LogP contribution in [0.5, 0.6) is 5.75 Å². The molecule has 0 saturated heterocycles. The molecule has 0 bridgehead atoms. The summed E-state index contributed by atoms with van der Waals surface area (Å²) in [4.78, 5) is 35.7. The SMILES string of the molecule is COC(=O)[C@H](CCSC)NC(=O)CCCNC(=O)c1cccc(OC)c1. The number of amides is 2. The van der Waals surface area contributed by atoms with Crippen molar-refractivity contribution in [2.24, 2.45) is 0 Å².